The number of rotatable bonds is 8. The van der Waals surface area contributed by atoms with Crippen molar-refractivity contribution in [3.63, 3.8) is 0 Å². The Morgan fingerprint density at radius 1 is 1.25 bits per heavy atom. The maximum absolute atomic E-state index is 11.8. The molecule has 4 heteroatoms. The highest BCUT2D eigenvalue weighted by molar-refractivity contribution is 5.76. The van der Waals surface area contributed by atoms with Crippen LogP contribution in [-0.4, -0.2) is 47.7 Å². The Morgan fingerprint density at radius 2 is 1.81 bits per heavy atom. The number of hydrogen-bond acceptors (Lipinski definition) is 3. The number of aliphatic hydroxyl groups excluding tert-OH is 1. The maximum atomic E-state index is 11.8. The third-order valence-corrected chi connectivity index (χ3v) is 2.73. The van der Waals surface area contributed by atoms with E-state index in [2.05, 4.69) is 5.32 Å². The molecule has 0 aromatic carbocycles. The largest absolute Gasteiger partial charge is 0.396 e. The van der Waals surface area contributed by atoms with Gasteiger partial charge in [-0.3, -0.25) is 4.79 Å². The number of nitrogens with zero attached hydrogens (tertiary/aromatic N) is 1. The molecule has 0 aliphatic rings. The number of amides is 1. The second-order valence-corrected chi connectivity index (χ2v) is 4.25. The van der Waals surface area contributed by atoms with Gasteiger partial charge < -0.3 is 15.3 Å². The van der Waals surface area contributed by atoms with E-state index >= 15 is 0 Å². The van der Waals surface area contributed by atoms with Crippen LogP contribution in [0, 0.1) is 0 Å². The van der Waals surface area contributed by atoms with Crippen LogP contribution in [0.1, 0.15) is 40.5 Å². The van der Waals surface area contributed by atoms with Gasteiger partial charge in [0.15, 0.2) is 0 Å². The van der Waals surface area contributed by atoms with Crippen LogP contribution < -0.4 is 5.32 Å². The van der Waals surface area contributed by atoms with Crippen molar-refractivity contribution >= 4 is 5.91 Å². The first-order chi connectivity index (χ1) is 7.54. The Bertz CT molecular complexity index is 193. The molecule has 0 heterocycles. The smallest absolute Gasteiger partial charge is 0.224 e. The molecule has 96 valence electrons. The second-order valence-electron chi connectivity index (χ2n) is 4.25. The molecule has 0 saturated heterocycles. The van der Waals surface area contributed by atoms with Crippen molar-refractivity contribution in [3.05, 3.63) is 0 Å². The van der Waals surface area contributed by atoms with E-state index in [9.17, 15) is 4.79 Å². The van der Waals surface area contributed by atoms with Crippen molar-refractivity contribution < 1.29 is 9.90 Å². The predicted molar refractivity (Wildman–Crippen MR) is 66.3 cm³/mol. The van der Waals surface area contributed by atoms with E-state index in [-0.39, 0.29) is 24.6 Å². The highest BCUT2D eigenvalue weighted by Gasteiger charge is 2.15. The fourth-order valence-corrected chi connectivity index (χ4v) is 1.79. The average Bonchev–Trinajstić information content (AvgIpc) is 2.19. The molecule has 0 bridgehead atoms. The molecule has 0 aromatic rings. The molecule has 0 aromatic heterocycles. The molecule has 1 amide bonds. The SMILES string of the molecule is CCN(CC)C(=O)CC(C)NC(C)CCO. The molecule has 4 nitrogen and oxygen atoms in total. The summed E-state index contributed by atoms with van der Waals surface area (Å²) in [5.41, 5.74) is 0. The van der Waals surface area contributed by atoms with Gasteiger partial charge in [0, 0.05) is 38.2 Å². The van der Waals surface area contributed by atoms with Gasteiger partial charge in [0.25, 0.3) is 0 Å². The van der Waals surface area contributed by atoms with E-state index in [1.807, 2.05) is 32.6 Å². The molecule has 0 fully saturated rings. The lowest BCUT2D eigenvalue weighted by molar-refractivity contribution is -0.131. The Morgan fingerprint density at radius 3 is 2.25 bits per heavy atom. The van der Waals surface area contributed by atoms with Crippen LogP contribution in [0.5, 0.6) is 0 Å². The quantitative estimate of drug-likeness (QED) is 0.654. The molecule has 2 unspecified atom stereocenters. The third kappa shape index (κ3) is 6.08. The van der Waals surface area contributed by atoms with E-state index in [1.54, 1.807) is 0 Å². The van der Waals surface area contributed by atoms with Crippen molar-refractivity contribution in [3.8, 4) is 0 Å². The molecule has 0 radical (unpaired) electrons. The van der Waals surface area contributed by atoms with Crippen LogP contribution in [0.25, 0.3) is 0 Å². The summed E-state index contributed by atoms with van der Waals surface area (Å²) in [4.78, 5) is 13.6. The van der Waals surface area contributed by atoms with Crippen molar-refractivity contribution in [1.82, 2.24) is 10.2 Å². The monoisotopic (exact) mass is 230 g/mol. The molecular formula is C12H26N2O2. The first-order valence-electron chi connectivity index (χ1n) is 6.19. The van der Waals surface area contributed by atoms with Crippen molar-refractivity contribution in [2.45, 2.75) is 52.6 Å². The van der Waals surface area contributed by atoms with Crippen LogP contribution in [0.4, 0.5) is 0 Å². The van der Waals surface area contributed by atoms with Crippen LogP contribution in [0.15, 0.2) is 0 Å². The molecule has 2 N–H and O–H groups in total. The number of aliphatic hydroxyl groups is 1. The van der Waals surface area contributed by atoms with E-state index in [0.29, 0.717) is 6.42 Å². The summed E-state index contributed by atoms with van der Waals surface area (Å²) >= 11 is 0. The summed E-state index contributed by atoms with van der Waals surface area (Å²) in [6.45, 7) is 9.75. The van der Waals surface area contributed by atoms with E-state index in [4.69, 9.17) is 5.11 Å². The lowest BCUT2D eigenvalue weighted by atomic mass is 10.1. The Balaban J connectivity index is 3.94. The topological polar surface area (TPSA) is 52.6 Å². The fourth-order valence-electron chi connectivity index (χ4n) is 1.79. The van der Waals surface area contributed by atoms with Gasteiger partial charge in [0.1, 0.15) is 0 Å². The molecular weight excluding hydrogens is 204 g/mol. The maximum Gasteiger partial charge on any atom is 0.224 e. The Hall–Kier alpha value is -0.610. The Kier molecular flexibility index (Phi) is 8.21. The second kappa shape index (κ2) is 8.53. The zero-order valence-corrected chi connectivity index (χ0v) is 11.0. The van der Waals surface area contributed by atoms with E-state index < -0.39 is 0 Å². The first kappa shape index (κ1) is 15.4. The summed E-state index contributed by atoms with van der Waals surface area (Å²) in [5, 5.41) is 12.1. The number of carbonyl (C=O) groups excluding carboxylic acids is 1. The van der Waals surface area contributed by atoms with Gasteiger partial charge in [0.2, 0.25) is 5.91 Å². The number of hydrogen-bond donors (Lipinski definition) is 2. The molecule has 0 spiro atoms. The zero-order chi connectivity index (χ0) is 12.6. The highest BCUT2D eigenvalue weighted by atomic mass is 16.3. The van der Waals surface area contributed by atoms with E-state index in [0.717, 1.165) is 19.5 Å². The van der Waals surface area contributed by atoms with Crippen molar-refractivity contribution in [2.24, 2.45) is 0 Å². The summed E-state index contributed by atoms with van der Waals surface area (Å²) in [5.74, 6) is 0.196. The van der Waals surface area contributed by atoms with Crippen molar-refractivity contribution in [2.75, 3.05) is 19.7 Å². The van der Waals surface area contributed by atoms with Crippen LogP contribution in [0.2, 0.25) is 0 Å². The van der Waals surface area contributed by atoms with Crippen LogP contribution in [0.3, 0.4) is 0 Å². The number of carbonyl (C=O) groups is 1. The van der Waals surface area contributed by atoms with Gasteiger partial charge >= 0.3 is 0 Å². The fraction of sp³-hybridized carbons (Fsp3) is 0.917. The standard InChI is InChI=1S/C12H26N2O2/c1-5-14(6-2)12(16)9-11(4)13-10(3)7-8-15/h10-11,13,15H,5-9H2,1-4H3. The molecule has 0 saturated carbocycles. The normalized spacial score (nSPS) is 14.6. The highest BCUT2D eigenvalue weighted by Crippen LogP contribution is 2.01. The summed E-state index contributed by atoms with van der Waals surface area (Å²) < 4.78 is 0. The van der Waals surface area contributed by atoms with Crippen molar-refractivity contribution in [1.29, 1.82) is 0 Å². The molecule has 0 aliphatic heterocycles. The Labute approximate surface area is 99.0 Å². The summed E-state index contributed by atoms with van der Waals surface area (Å²) in [7, 11) is 0. The molecule has 16 heavy (non-hydrogen) atoms. The van der Waals surface area contributed by atoms with Gasteiger partial charge in [-0.05, 0) is 34.1 Å². The number of nitrogens with one attached hydrogen (secondary N) is 1. The lowest BCUT2D eigenvalue weighted by Gasteiger charge is -2.23. The van der Waals surface area contributed by atoms with Crippen LogP contribution in [-0.2, 0) is 4.79 Å². The van der Waals surface area contributed by atoms with Gasteiger partial charge in [-0.15, -0.1) is 0 Å². The van der Waals surface area contributed by atoms with Crippen LogP contribution >= 0.6 is 0 Å². The molecule has 2 atom stereocenters. The summed E-state index contributed by atoms with van der Waals surface area (Å²) in [6.07, 6.45) is 1.25. The van der Waals surface area contributed by atoms with Gasteiger partial charge in [-0.1, -0.05) is 0 Å². The van der Waals surface area contributed by atoms with Gasteiger partial charge in [-0.25, -0.2) is 0 Å². The minimum atomic E-state index is 0.162. The molecule has 0 aliphatic carbocycles. The minimum Gasteiger partial charge on any atom is -0.396 e. The third-order valence-electron chi connectivity index (χ3n) is 2.73. The average molecular weight is 230 g/mol. The lowest BCUT2D eigenvalue weighted by Crippen LogP contribution is -2.40. The predicted octanol–water partition coefficient (Wildman–Crippen LogP) is 0.994. The zero-order valence-electron chi connectivity index (χ0n) is 11.0. The van der Waals surface area contributed by atoms with Gasteiger partial charge in [0.05, 0.1) is 0 Å². The minimum absolute atomic E-state index is 0.162. The summed E-state index contributed by atoms with van der Waals surface area (Å²) in [6, 6.07) is 0.416. The van der Waals surface area contributed by atoms with Gasteiger partial charge in [-0.2, -0.15) is 0 Å². The molecule has 0 rings (SSSR count). The van der Waals surface area contributed by atoms with E-state index in [1.165, 1.54) is 0 Å². The first-order valence-corrected chi connectivity index (χ1v) is 6.19.